The quantitative estimate of drug-likeness (QED) is 0.185. The van der Waals surface area contributed by atoms with E-state index in [0.717, 1.165) is 28.4 Å². The molecular formula is C28H26OSe. The van der Waals surface area contributed by atoms with E-state index in [1.807, 2.05) is 73.7 Å². The number of Topliss-reactive ketones (excluding diaryl/α,β-unsaturated/α-hetero) is 1. The SMILES string of the molecule is C=CCC(C#Cc1ccccc1)(CC[Se]c1ccccc1)C(=O)c1ccc(C)cc1. The molecule has 3 aromatic rings. The monoisotopic (exact) mass is 458 g/mol. The van der Waals surface area contributed by atoms with Crippen LogP contribution in [0.3, 0.4) is 0 Å². The number of aryl methyl sites for hydroxylation is 1. The van der Waals surface area contributed by atoms with Gasteiger partial charge in [-0.05, 0) is 0 Å². The molecule has 0 aliphatic carbocycles. The molecule has 0 saturated carbocycles. The van der Waals surface area contributed by atoms with Gasteiger partial charge in [0.1, 0.15) is 0 Å². The van der Waals surface area contributed by atoms with Gasteiger partial charge in [0.25, 0.3) is 0 Å². The molecule has 0 aromatic heterocycles. The van der Waals surface area contributed by atoms with Gasteiger partial charge in [0, 0.05) is 0 Å². The van der Waals surface area contributed by atoms with Gasteiger partial charge in [-0.15, -0.1) is 0 Å². The number of hydrogen-bond acceptors (Lipinski definition) is 1. The van der Waals surface area contributed by atoms with Gasteiger partial charge in [-0.1, -0.05) is 0 Å². The van der Waals surface area contributed by atoms with Crippen molar-refractivity contribution in [1.82, 2.24) is 0 Å². The zero-order valence-corrected chi connectivity index (χ0v) is 19.0. The summed E-state index contributed by atoms with van der Waals surface area (Å²) < 4.78 is 1.34. The van der Waals surface area contributed by atoms with Gasteiger partial charge in [0.15, 0.2) is 0 Å². The predicted molar refractivity (Wildman–Crippen MR) is 127 cm³/mol. The summed E-state index contributed by atoms with van der Waals surface area (Å²) in [7, 11) is 0. The third-order valence-corrected chi connectivity index (χ3v) is 7.13. The molecule has 0 bridgehead atoms. The standard InChI is InChI=1S/C28H26OSe/c1-3-19-28(20-18-24-10-6-4-7-11-24,21-22-30-26-12-8-5-9-13-26)27(29)25-16-14-23(2)15-17-25/h3-17H,1,19,21-22H2,2H3. The summed E-state index contributed by atoms with van der Waals surface area (Å²) in [5.74, 6) is 6.75. The first kappa shape index (κ1) is 21.8. The van der Waals surface area contributed by atoms with Crippen molar-refractivity contribution in [2.75, 3.05) is 0 Å². The van der Waals surface area contributed by atoms with E-state index in [2.05, 4.69) is 42.7 Å². The molecule has 1 nitrogen and oxygen atoms in total. The summed E-state index contributed by atoms with van der Waals surface area (Å²) in [4.78, 5) is 13.7. The van der Waals surface area contributed by atoms with Gasteiger partial charge in [0.05, 0.1) is 0 Å². The first-order chi connectivity index (χ1) is 14.6. The molecule has 0 N–H and O–H groups in total. The molecule has 3 aromatic carbocycles. The maximum absolute atomic E-state index is 13.7. The van der Waals surface area contributed by atoms with Crippen LogP contribution >= 0.6 is 0 Å². The molecule has 3 rings (SSSR count). The molecule has 1 atom stereocenters. The maximum atomic E-state index is 13.7. The van der Waals surface area contributed by atoms with Gasteiger partial charge < -0.3 is 0 Å². The van der Waals surface area contributed by atoms with Crippen molar-refractivity contribution < 1.29 is 4.79 Å². The summed E-state index contributed by atoms with van der Waals surface area (Å²) in [5, 5.41) is 0.950. The van der Waals surface area contributed by atoms with E-state index in [9.17, 15) is 4.79 Å². The van der Waals surface area contributed by atoms with Crippen molar-refractivity contribution >= 4 is 25.2 Å². The second-order valence-corrected chi connectivity index (χ2v) is 9.75. The number of rotatable bonds is 8. The van der Waals surface area contributed by atoms with E-state index in [0.29, 0.717) is 21.4 Å². The second-order valence-electron chi connectivity index (χ2n) is 7.30. The van der Waals surface area contributed by atoms with E-state index in [1.54, 1.807) is 0 Å². The Kier molecular flexibility index (Phi) is 7.86. The van der Waals surface area contributed by atoms with Crippen LogP contribution in [-0.2, 0) is 0 Å². The topological polar surface area (TPSA) is 17.1 Å². The molecule has 0 aliphatic heterocycles. The van der Waals surface area contributed by atoms with Crippen LogP contribution in [0, 0.1) is 24.2 Å². The number of hydrogen-bond donors (Lipinski definition) is 0. The average molecular weight is 457 g/mol. The van der Waals surface area contributed by atoms with Crippen LogP contribution in [-0.4, -0.2) is 20.7 Å². The van der Waals surface area contributed by atoms with Crippen molar-refractivity contribution in [2.24, 2.45) is 5.41 Å². The van der Waals surface area contributed by atoms with Crippen molar-refractivity contribution in [2.45, 2.75) is 25.1 Å². The van der Waals surface area contributed by atoms with Crippen molar-refractivity contribution in [1.29, 1.82) is 0 Å². The molecule has 1 unspecified atom stereocenters. The van der Waals surface area contributed by atoms with Crippen LogP contribution < -0.4 is 4.46 Å². The Bertz CT molecular complexity index is 1030. The van der Waals surface area contributed by atoms with E-state index >= 15 is 0 Å². The molecule has 30 heavy (non-hydrogen) atoms. The van der Waals surface area contributed by atoms with Crippen molar-refractivity contribution in [3.05, 3.63) is 114 Å². The Labute approximate surface area is 186 Å². The number of carbonyl (C=O) groups excluding carboxylic acids is 1. The fourth-order valence-corrected chi connectivity index (χ4v) is 5.45. The molecule has 0 radical (unpaired) electrons. The Morgan fingerprint density at radius 1 is 0.967 bits per heavy atom. The Hall–Kier alpha value is -2.85. The number of allylic oxidation sites excluding steroid dienone is 1. The molecule has 0 spiro atoms. The van der Waals surface area contributed by atoms with Crippen LogP contribution in [0.2, 0.25) is 5.32 Å². The third-order valence-electron chi connectivity index (χ3n) is 5.00. The molecule has 0 aliphatic rings. The third kappa shape index (κ3) is 5.83. The zero-order valence-electron chi connectivity index (χ0n) is 17.3. The Balaban J connectivity index is 1.93. The molecular weight excluding hydrogens is 431 g/mol. The summed E-state index contributed by atoms with van der Waals surface area (Å²) in [5.41, 5.74) is 2.03. The van der Waals surface area contributed by atoms with Crippen molar-refractivity contribution in [3.8, 4) is 11.8 Å². The van der Waals surface area contributed by atoms with E-state index in [1.165, 1.54) is 4.46 Å². The zero-order chi connectivity index (χ0) is 21.2. The van der Waals surface area contributed by atoms with Gasteiger partial charge >= 0.3 is 187 Å². The number of benzene rings is 3. The van der Waals surface area contributed by atoms with Gasteiger partial charge in [-0.2, -0.15) is 0 Å². The average Bonchev–Trinajstić information content (AvgIpc) is 2.79. The van der Waals surface area contributed by atoms with Crippen molar-refractivity contribution in [3.63, 3.8) is 0 Å². The second kappa shape index (κ2) is 10.8. The molecule has 0 heterocycles. The van der Waals surface area contributed by atoms with Crippen LogP contribution in [0.25, 0.3) is 0 Å². The first-order valence-corrected chi connectivity index (χ1v) is 12.2. The van der Waals surface area contributed by atoms with Crippen LogP contribution in [0.5, 0.6) is 0 Å². The Morgan fingerprint density at radius 2 is 1.60 bits per heavy atom. The number of ketones is 1. The van der Waals surface area contributed by atoms with Gasteiger partial charge in [-0.3, -0.25) is 0 Å². The number of carbonyl (C=O) groups is 1. The van der Waals surface area contributed by atoms with Crippen LogP contribution in [0.1, 0.15) is 34.3 Å². The van der Waals surface area contributed by atoms with Gasteiger partial charge in [0.2, 0.25) is 0 Å². The van der Waals surface area contributed by atoms with E-state index in [-0.39, 0.29) is 5.78 Å². The summed E-state index contributed by atoms with van der Waals surface area (Å²) >= 11 is 0.301. The summed E-state index contributed by atoms with van der Waals surface area (Å²) in [6.07, 6.45) is 3.10. The van der Waals surface area contributed by atoms with Crippen LogP contribution in [0.15, 0.2) is 97.6 Å². The predicted octanol–water partition coefficient (Wildman–Crippen LogP) is 5.63. The summed E-state index contributed by atoms with van der Waals surface area (Å²) in [6, 6.07) is 28.2. The van der Waals surface area contributed by atoms with Gasteiger partial charge in [-0.25, -0.2) is 0 Å². The Morgan fingerprint density at radius 3 is 2.23 bits per heavy atom. The normalized spacial score (nSPS) is 12.3. The molecule has 0 amide bonds. The molecule has 0 saturated heterocycles. The molecule has 0 fully saturated rings. The van der Waals surface area contributed by atoms with E-state index < -0.39 is 5.41 Å². The van der Waals surface area contributed by atoms with E-state index in [4.69, 9.17) is 0 Å². The molecule has 2 heteroatoms. The molecule has 150 valence electrons. The fraction of sp³-hybridized carbons (Fsp3) is 0.179. The minimum absolute atomic E-state index is 0.0923. The minimum atomic E-state index is -0.761. The fourth-order valence-electron chi connectivity index (χ4n) is 3.28. The van der Waals surface area contributed by atoms with Crippen LogP contribution in [0.4, 0.5) is 0 Å². The first-order valence-electron chi connectivity index (χ1n) is 10.1. The summed E-state index contributed by atoms with van der Waals surface area (Å²) in [6.45, 7) is 5.97.